The first-order valence-corrected chi connectivity index (χ1v) is 6.76. The molecule has 1 unspecified atom stereocenters. The highest BCUT2D eigenvalue weighted by molar-refractivity contribution is 5.54. The van der Waals surface area contributed by atoms with Crippen molar-refractivity contribution >= 4 is 5.69 Å². The van der Waals surface area contributed by atoms with Gasteiger partial charge in [-0.05, 0) is 25.3 Å². The summed E-state index contributed by atoms with van der Waals surface area (Å²) in [5, 5.41) is 10.1. The van der Waals surface area contributed by atoms with E-state index in [0.29, 0.717) is 0 Å². The van der Waals surface area contributed by atoms with Crippen LogP contribution in [0.5, 0.6) is 0 Å². The summed E-state index contributed by atoms with van der Waals surface area (Å²) < 4.78 is 0. The summed E-state index contributed by atoms with van der Waals surface area (Å²) in [6, 6.07) is 8.23. The van der Waals surface area contributed by atoms with E-state index in [9.17, 15) is 5.11 Å². The number of benzene rings is 1. The number of hydrogen-bond acceptors (Lipinski definition) is 2. The highest BCUT2D eigenvalue weighted by Crippen LogP contribution is 2.28. The molecule has 96 valence electrons. The summed E-state index contributed by atoms with van der Waals surface area (Å²) in [6.45, 7) is 8.52. The normalized spacial score (nSPS) is 12.5. The van der Waals surface area contributed by atoms with Crippen molar-refractivity contribution in [2.75, 3.05) is 18.0 Å². The minimum absolute atomic E-state index is 0.345. The molecule has 0 fully saturated rings. The Kier molecular flexibility index (Phi) is 6.06. The highest BCUT2D eigenvalue weighted by atomic mass is 16.3. The molecule has 0 bridgehead atoms. The van der Waals surface area contributed by atoms with Crippen LogP contribution in [0.4, 0.5) is 5.69 Å². The Balaban J connectivity index is 2.99. The minimum atomic E-state index is -0.345. The Morgan fingerprint density at radius 1 is 1.06 bits per heavy atom. The lowest BCUT2D eigenvalue weighted by Crippen LogP contribution is -2.26. The summed E-state index contributed by atoms with van der Waals surface area (Å²) in [5.41, 5.74) is 2.27. The quantitative estimate of drug-likeness (QED) is 0.778. The van der Waals surface area contributed by atoms with Gasteiger partial charge >= 0.3 is 0 Å². The zero-order chi connectivity index (χ0) is 12.7. The smallest absolute Gasteiger partial charge is 0.0807 e. The molecule has 1 N–H and O–H groups in total. The Morgan fingerprint density at radius 3 is 2.18 bits per heavy atom. The van der Waals surface area contributed by atoms with Crippen LogP contribution in [-0.4, -0.2) is 18.2 Å². The van der Waals surface area contributed by atoms with E-state index in [1.807, 2.05) is 19.1 Å². The Morgan fingerprint density at radius 2 is 1.65 bits per heavy atom. The molecule has 0 saturated carbocycles. The lowest BCUT2D eigenvalue weighted by molar-refractivity contribution is 0.174. The van der Waals surface area contributed by atoms with Crippen LogP contribution in [0.1, 0.15) is 51.7 Å². The third-order valence-electron chi connectivity index (χ3n) is 3.01. The molecule has 0 spiro atoms. The number of aliphatic hydroxyl groups is 1. The summed E-state index contributed by atoms with van der Waals surface area (Å²) >= 11 is 0. The first-order chi connectivity index (χ1) is 8.24. The van der Waals surface area contributed by atoms with Gasteiger partial charge in [0.25, 0.3) is 0 Å². The van der Waals surface area contributed by atoms with Gasteiger partial charge in [0.2, 0.25) is 0 Å². The monoisotopic (exact) mass is 235 g/mol. The lowest BCUT2D eigenvalue weighted by Gasteiger charge is -2.27. The summed E-state index contributed by atoms with van der Waals surface area (Å²) in [5.74, 6) is 0. The lowest BCUT2D eigenvalue weighted by atomic mass is 10.0. The van der Waals surface area contributed by atoms with E-state index in [-0.39, 0.29) is 6.10 Å². The van der Waals surface area contributed by atoms with Crippen molar-refractivity contribution in [2.45, 2.75) is 46.1 Å². The molecular weight excluding hydrogens is 210 g/mol. The topological polar surface area (TPSA) is 23.5 Å². The average molecular weight is 235 g/mol. The molecule has 1 aromatic rings. The first kappa shape index (κ1) is 14.0. The van der Waals surface area contributed by atoms with Crippen LogP contribution in [0.25, 0.3) is 0 Å². The fraction of sp³-hybridized carbons (Fsp3) is 0.600. The van der Waals surface area contributed by atoms with Crippen molar-refractivity contribution < 1.29 is 5.11 Å². The van der Waals surface area contributed by atoms with Crippen LogP contribution in [0.2, 0.25) is 0 Å². The van der Waals surface area contributed by atoms with Crippen molar-refractivity contribution in [3.05, 3.63) is 29.8 Å². The average Bonchev–Trinajstić information content (AvgIpc) is 2.37. The number of para-hydroxylation sites is 1. The van der Waals surface area contributed by atoms with E-state index in [1.165, 1.54) is 5.69 Å². The molecule has 1 rings (SSSR count). The maximum atomic E-state index is 10.1. The molecular formula is C15H25NO. The third-order valence-corrected chi connectivity index (χ3v) is 3.01. The van der Waals surface area contributed by atoms with Gasteiger partial charge in [-0.3, -0.25) is 0 Å². The van der Waals surface area contributed by atoms with Gasteiger partial charge in [0.1, 0.15) is 0 Å². The zero-order valence-corrected chi connectivity index (χ0v) is 11.3. The molecule has 2 heteroatoms. The second-order valence-electron chi connectivity index (χ2n) is 4.47. The summed E-state index contributed by atoms with van der Waals surface area (Å²) in [6.07, 6.45) is 2.69. The molecule has 17 heavy (non-hydrogen) atoms. The van der Waals surface area contributed by atoms with Crippen molar-refractivity contribution in [2.24, 2.45) is 0 Å². The molecule has 2 nitrogen and oxygen atoms in total. The van der Waals surface area contributed by atoms with Crippen LogP contribution in [0, 0.1) is 0 Å². The SMILES string of the molecule is CCCN(CCC)c1ccccc1C(O)CC. The third kappa shape index (κ3) is 3.74. The van der Waals surface area contributed by atoms with E-state index in [4.69, 9.17) is 0 Å². The molecule has 0 aromatic heterocycles. The fourth-order valence-corrected chi connectivity index (χ4v) is 2.17. The van der Waals surface area contributed by atoms with E-state index in [0.717, 1.165) is 37.9 Å². The summed E-state index contributed by atoms with van der Waals surface area (Å²) in [4.78, 5) is 2.38. The maximum Gasteiger partial charge on any atom is 0.0807 e. The largest absolute Gasteiger partial charge is 0.388 e. The van der Waals surface area contributed by atoms with Crippen LogP contribution in [0.15, 0.2) is 24.3 Å². The predicted octanol–water partition coefficient (Wildman–Crippen LogP) is 3.76. The molecule has 1 atom stereocenters. The van der Waals surface area contributed by atoms with Gasteiger partial charge in [0, 0.05) is 24.3 Å². The second kappa shape index (κ2) is 7.33. The Labute approximate surface area is 105 Å². The fourth-order valence-electron chi connectivity index (χ4n) is 2.17. The van der Waals surface area contributed by atoms with E-state index in [2.05, 4.69) is 30.9 Å². The van der Waals surface area contributed by atoms with E-state index >= 15 is 0 Å². The van der Waals surface area contributed by atoms with E-state index < -0.39 is 0 Å². The maximum absolute atomic E-state index is 10.1. The molecule has 0 amide bonds. The predicted molar refractivity (Wildman–Crippen MR) is 74.5 cm³/mol. The molecule has 0 radical (unpaired) electrons. The minimum Gasteiger partial charge on any atom is -0.388 e. The Hall–Kier alpha value is -1.02. The molecule has 0 saturated heterocycles. The number of anilines is 1. The van der Waals surface area contributed by atoms with Crippen LogP contribution in [-0.2, 0) is 0 Å². The highest BCUT2D eigenvalue weighted by Gasteiger charge is 2.14. The van der Waals surface area contributed by atoms with Gasteiger partial charge in [-0.1, -0.05) is 39.0 Å². The van der Waals surface area contributed by atoms with Crippen molar-refractivity contribution in [3.63, 3.8) is 0 Å². The molecule has 1 aromatic carbocycles. The molecule has 0 aliphatic carbocycles. The van der Waals surface area contributed by atoms with Crippen LogP contribution < -0.4 is 4.90 Å². The van der Waals surface area contributed by atoms with E-state index in [1.54, 1.807) is 0 Å². The van der Waals surface area contributed by atoms with Gasteiger partial charge in [-0.15, -0.1) is 0 Å². The van der Waals surface area contributed by atoms with Crippen LogP contribution >= 0.6 is 0 Å². The first-order valence-electron chi connectivity index (χ1n) is 6.76. The van der Waals surface area contributed by atoms with Gasteiger partial charge in [-0.2, -0.15) is 0 Å². The van der Waals surface area contributed by atoms with Gasteiger partial charge in [0.05, 0.1) is 6.10 Å². The Bertz CT molecular complexity index is 318. The molecule has 0 heterocycles. The number of aliphatic hydroxyl groups excluding tert-OH is 1. The second-order valence-corrected chi connectivity index (χ2v) is 4.47. The number of nitrogens with zero attached hydrogens (tertiary/aromatic N) is 1. The van der Waals surface area contributed by atoms with Gasteiger partial charge in [0.15, 0.2) is 0 Å². The number of rotatable bonds is 7. The zero-order valence-electron chi connectivity index (χ0n) is 11.3. The van der Waals surface area contributed by atoms with Gasteiger partial charge < -0.3 is 10.0 Å². The molecule has 0 aliphatic rings. The van der Waals surface area contributed by atoms with Crippen molar-refractivity contribution in [1.82, 2.24) is 0 Å². The molecule has 0 aliphatic heterocycles. The van der Waals surface area contributed by atoms with Gasteiger partial charge in [-0.25, -0.2) is 0 Å². The van der Waals surface area contributed by atoms with Crippen molar-refractivity contribution in [3.8, 4) is 0 Å². The standard InChI is InChI=1S/C15H25NO/c1-4-11-16(12-5-2)14-10-8-7-9-13(14)15(17)6-3/h7-10,15,17H,4-6,11-12H2,1-3H3. The van der Waals surface area contributed by atoms with Crippen LogP contribution in [0.3, 0.4) is 0 Å². The number of hydrogen-bond donors (Lipinski definition) is 1. The van der Waals surface area contributed by atoms with Crippen molar-refractivity contribution in [1.29, 1.82) is 0 Å². The summed E-state index contributed by atoms with van der Waals surface area (Å²) in [7, 11) is 0.